The molecule has 0 aromatic carbocycles. The summed E-state index contributed by atoms with van der Waals surface area (Å²) in [7, 11) is 0. The van der Waals surface area contributed by atoms with Gasteiger partial charge in [-0.1, -0.05) is 10.3 Å². The molecular weight excluding hydrogens is 967 g/mol. The van der Waals surface area contributed by atoms with E-state index < -0.39 is 64.7 Å². The minimum absolute atomic E-state index is 0. The van der Waals surface area contributed by atoms with Crippen LogP contribution in [0.5, 0.6) is 0 Å². The minimum Gasteiger partial charge on any atom is -0.870 e. The molecule has 28 nitrogen and oxygen atoms in total. The molecule has 0 aliphatic carbocycles. The van der Waals surface area contributed by atoms with Gasteiger partial charge in [0.1, 0.15) is 40.1 Å². The number of carboxylic acid groups (broad SMARTS) is 1. The predicted octanol–water partition coefficient (Wildman–Crippen LogP) is 1.72. The van der Waals surface area contributed by atoms with E-state index in [1.165, 1.54) is 12.1 Å². The number of aromatic nitrogens is 2. The number of hydrogen-bond acceptors (Lipinski definition) is 23. The summed E-state index contributed by atoms with van der Waals surface area (Å²) in [6.45, 7) is 25.4. The van der Waals surface area contributed by atoms with Gasteiger partial charge in [-0.2, -0.15) is 0 Å². The molecule has 0 spiro atoms. The number of esters is 2. The maximum Gasteiger partial charge on any atom is 1.00 e. The van der Waals surface area contributed by atoms with Gasteiger partial charge in [-0.3, -0.25) is 0 Å². The van der Waals surface area contributed by atoms with Crippen molar-refractivity contribution in [1.29, 1.82) is 0 Å². The molecule has 4 amide bonds. The molecule has 2 heterocycles. The number of carboxylic acids is 1. The molecule has 2 aromatic rings. The summed E-state index contributed by atoms with van der Waals surface area (Å²) in [6.07, 6.45) is 4.14. The second-order valence-corrected chi connectivity index (χ2v) is 16.2. The number of carbonyl (C=O) groups excluding carboxylic acids is 7. The number of carbonyl (C=O) groups is 8. The molecule has 0 aliphatic heterocycles. The van der Waals surface area contributed by atoms with Gasteiger partial charge in [-0.25, -0.2) is 39.5 Å². The van der Waals surface area contributed by atoms with Gasteiger partial charge < -0.3 is 84.5 Å². The fraction of sp³-hybridized carbons (Fsp3) is 0.585. The number of terminal acetylenes is 1. The third-order valence-corrected chi connectivity index (χ3v) is 5.37. The van der Waals surface area contributed by atoms with Crippen LogP contribution in [0.2, 0.25) is 0 Å². The van der Waals surface area contributed by atoms with Gasteiger partial charge >= 0.3 is 61.1 Å². The van der Waals surface area contributed by atoms with Crippen molar-refractivity contribution in [2.75, 3.05) is 26.3 Å². The summed E-state index contributed by atoms with van der Waals surface area (Å²) in [4.78, 5) is 85.8. The Morgan fingerprint density at radius 3 is 1.30 bits per heavy atom. The van der Waals surface area contributed by atoms with Crippen LogP contribution in [0.25, 0.3) is 0 Å². The number of oxime groups is 1. The number of amides is 4. The number of ether oxygens (including phenoxy) is 6. The van der Waals surface area contributed by atoms with E-state index in [-0.39, 0.29) is 81.1 Å². The zero-order valence-corrected chi connectivity index (χ0v) is 43.6. The van der Waals surface area contributed by atoms with Crippen LogP contribution < -0.4 is 46.0 Å². The van der Waals surface area contributed by atoms with E-state index in [0.29, 0.717) is 24.3 Å². The molecule has 0 saturated heterocycles. The number of rotatable bonds is 12. The van der Waals surface area contributed by atoms with Crippen LogP contribution in [0.3, 0.4) is 0 Å². The zero-order valence-electron chi connectivity index (χ0n) is 42.8. The molecule has 2 aromatic heterocycles. The maximum absolute atomic E-state index is 11.4. The minimum atomic E-state index is -1.21. The average Bonchev–Trinajstić information content (AvgIpc) is 3.89. The van der Waals surface area contributed by atoms with Crippen LogP contribution >= 0.6 is 12.4 Å². The normalized spacial score (nSPS) is 9.90. The molecule has 0 aliphatic rings. The summed E-state index contributed by atoms with van der Waals surface area (Å²) in [6, 6.07) is 2.65. The third-order valence-electron chi connectivity index (χ3n) is 5.37. The smallest absolute Gasteiger partial charge is 0.870 e. The van der Waals surface area contributed by atoms with Crippen LogP contribution in [0.15, 0.2) is 26.3 Å². The van der Waals surface area contributed by atoms with Crippen LogP contribution in [0.1, 0.15) is 129 Å². The van der Waals surface area contributed by atoms with Crippen molar-refractivity contribution in [2.24, 2.45) is 11.1 Å². The van der Waals surface area contributed by atoms with Crippen molar-refractivity contribution >= 4 is 67.2 Å². The number of halogens is 1. The predicted molar refractivity (Wildman–Crippen MR) is 248 cm³/mol. The monoisotopic (exact) mass is 1040 g/mol. The molecule has 0 saturated carbocycles. The maximum atomic E-state index is 11.4. The molecule has 402 valence electrons. The first kappa shape index (κ1) is 78.5. The van der Waals surface area contributed by atoms with Gasteiger partial charge in [0.25, 0.3) is 0 Å². The Balaban J connectivity index is -0.000000146. The molecule has 0 atom stereocenters. The molecule has 0 bridgehead atoms. The zero-order chi connectivity index (χ0) is 53.7. The van der Waals surface area contributed by atoms with E-state index in [4.69, 9.17) is 43.7 Å². The van der Waals surface area contributed by atoms with Crippen molar-refractivity contribution in [2.45, 2.75) is 132 Å². The van der Waals surface area contributed by atoms with Crippen molar-refractivity contribution in [3.63, 3.8) is 0 Å². The third kappa shape index (κ3) is 54.2. The molecule has 10 N–H and O–H groups in total. The van der Waals surface area contributed by atoms with Crippen molar-refractivity contribution in [1.82, 2.24) is 31.6 Å². The number of hydrogen-bond donors (Lipinski definition) is 8. The van der Waals surface area contributed by atoms with E-state index in [1.54, 1.807) is 103 Å². The second kappa shape index (κ2) is 42.3. The molecular formula is C41H70ClLiN8O20. The molecule has 0 radical (unpaired) electrons. The quantitative estimate of drug-likeness (QED) is 0.0173. The number of alkyl carbamates (subject to hydrolysis) is 4. The fourth-order valence-corrected chi connectivity index (χ4v) is 3.24. The van der Waals surface area contributed by atoms with E-state index >= 15 is 0 Å². The Bertz CT molecular complexity index is 1890. The first-order valence-corrected chi connectivity index (χ1v) is 20.0. The van der Waals surface area contributed by atoms with Gasteiger partial charge in [0, 0.05) is 18.1 Å². The fourth-order valence-electron chi connectivity index (χ4n) is 3.24. The van der Waals surface area contributed by atoms with Gasteiger partial charge in [0.05, 0.1) is 45.6 Å². The SMILES string of the molecule is C#CC(=O)OCC.CC(C)(C)OC(=O)NCC=NO.CC(C)(C)OC(=O)NCC=O.CC(C)(C)OC(=O)NCc1cc(C(=O)O)on1.CCOC(=O)c1cc(CNC(=O)OC(C)(C)C)no1.Cl.NO.[Li+].[OH-]. The number of aldehydes is 1. The molecule has 0 fully saturated rings. The molecule has 0 unspecified atom stereocenters. The number of nitrogens with two attached hydrogens (primary N) is 1. The van der Waals surface area contributed by atoms with Gasteiger partial charge in [0.2, 0.25) is 11.5 Å². The van der Waals surface area contributed by atoms with Gasteiger partial charge in [0.15, 0.2) is 0 Å². The molecule has 30 heteroatoms. The standard InChI is InChI=1S/C12H18N2O5.C10H14N2O5.C7H14N2O3.C7H13NO3.C5H6O2.ClH.Li.H3NO.H2O/c1-5-17-10(15)9-6-8(14-19-9)7-13-11(16)18-12(2,3)4;1-10(2,3)16-9(15)11-5-6-4-7(8(13)14)17-12-6;1-7(2,3)12-6(10)8-4-5-9-11;1-7(2,3)11-6(10)8-4-5-9;1-3-5(6)7-4-2;;;1-2;/h6H,5,7H2,1-4H3,(H,13,16);4H,5H2,1-3H3,(H,11,15)(H,13,14);5,11H,4H2,1-3H3,(H,8,10);5H,4H2,1-3H3,(H,8,10);1H,4H2,2H3;1H;;2H,1H2;1H2/q;;;;;;+1;;/p-1. The Kier molecular flexibility index (Phi) is 46.8. The first-order chi connectivity index (χ1) is 31.3. The summed E-state index contributed by atoms with van der Waals surface area (Å²) < 4.78 is 38.1. The number of nitrogens with one attached hydrogen (secondary N) is 4. The molecule has 2 rings (SSSR count). The Morgan fingerprint density at radius 1 is 0.676 bits per heavy atom. The van der Waals surface area contributed by atoms with Crippen LogP contribution in [-0.4, -0.2) is 135 Å². The summed E-state index contributed by atoms with van der Waals surface area (Å²) in [5, 5.41) is 42.5. The van der Waals surface area contributed by atoms with E-state index in [1.807, 2.05) is 0 Å². The largest absolute Gasteiger partial charge is 1.00 e. The van der Waals surface area contributed by atoms with E-state index in [9.17, 15) is 38.4 Å². The first-order valence-electron chi connectivity index (χ1n) is 20.0. The van der Waals surface area contributed by atoms with E-state index in [0.717, 1.165) is 6.21 Å². The average molecular weight is 1040 g/mol. The summed E-state index contributed by atoms with van der Waals surface area (Å²) in [5.74, 6) is 2.65. The summed E-state index contributed by atoms with van der Waals surface area (Å²) in [5.41, 5.74) is -1.43. The van der Waals surface area contributed by atoms with Gasteiger partial charge in [-0.15, -0.1) is 24.0 Å². The van der Waals surface area contributed by atoms with Crippen molar-refractivity contribution in [3.05, 3.63) is 35.0 Å². The number of aromatic carboxylic acids is 1. The summed E-state index contributed by atoms with van der Waals surface area (Å²) >= 11 is 0. The topological polar surface area (TPSA) is 421 Å². The van der Waals surface area contributed by atoms with Crippen molar-refractivity contribution < 1.29 is 116 Å². The Morgan fingerprint density at radius 2 is 1.01 bits per heavy atom. The van der Waals surface area contributed by atoms with Crippen LogP contribution in [0.4, 0.5) is 19.2 Å². The van der Waals surface area contributed by atoms with Crippen molar-refractivity contribution in [3.8, 4) is 12.3 Å². The van der Waals surface area contributed by atoms with Crippen LogP contribution in [-0.2, 0) is 51.1 Å². The second-order valence-electron chi connectivity index (χ2n) is 16.2. The number of nitrogens with zero attached hydrogens (tertiary/aromatic N) is 3. The van der Waals surface area contributed by atoms with Gasteiger partial charge in [-0.05, 0) is 96.9 Å². The van der Waals surface area contributed by atoms with Crippen LogP contribution in [0, 0.1) is 12.3 Å². The Hall–Kier alpha value is -6.62. The Labute approximate surface area is 430 Å². The molecule has 71 heavy (non-hydrogen) atoms. The van der Waals surface area contributed by atoms with E-state index in [2.05, 4.69) is 58.3 Å².